The minimum absolute atomic E-state index is 0.0206. The van der Waals surface area contributed by atoms with Gasteiger partial charge in [-0.05, 0) is 55.0 Å². The van der Waals surface area contributed by atoms with Gasteiger partial charge in [0.25, 0.3) is 10.0 Å². The molecule has 0 saturated carbocycles. The summed E-state index contributed by atoms with van der Waals surface area (Å²) in [6.45, 7) is 1.66. The number of halogens is 1. The van der Waals surface area contributed by atoms with Crippen LogP contribution >= 0.6 is 0 Å². The molecule has 0 radical (unpaired) electrons. The summed E-state index contributed by atoms with van der Waals surface area (Å²) in [7, 11) is -2.40. The molecule has 3 aromatic rings. The fourth-order valence-corrected chi connectivity index (χ4v) is 3.99. The van der Waals surface area contributed by atoms with Gasteiger partial charge in [0, 0.05) is 7.05 Å². The van der Waals surface area contributed by atoms with Crippen molar-refractivity contribution >= 4 is 21.7 Å². The van der Waals surface area contributed by atoms with Gasteiger partial charge in [0.05, 0.1) is 16.1 Å². The molecule has 29 heavy (non-hydrogen) atoms. The third kappa shape index (κ3) is 4.63. The summed E-state index contributed by atoms with van der Waals surface area (Å²) in [4.78, 5) is 12.5. The van der Waals surface area contributed by atoms with E-state index in [0.29, 0.717) is 11.3 Å². The van der Waals surface area contributed by atoms with Gasteiger partial charge in [0.1, 0.15) is 11.9 Å². The third-order valence-corrected chi connectivity index (χ3v) is 6.25. The number of ether oxygens (including phenoxy) is 1. The second-order valence-electron chi connectivity index (χ2n) is 6.44. The smallest absolute Gasteiger partial charge is 0.338 e. The lowest BCUT2D eigenvalue weighted by Crippen LogP contribution is -2.26. The highest BCUT2D eigenvalue weighted by Crippen LogP contribution is 2.24. The largest absolute Gasteiger partial charge is 0.454 e. The number of hydrogen-bond acceptors (Lipinski definition) is 4. The van der Waals surface area contributed by atoms with E-state index in [9.17, 15) is 17.6 Å². The Morgan fingerprint density at radius 1 is 0.966 bits per heavy atom. The summed E-state index contributed by atoms with van der Waals surface area (Å²) in [6.07, 6.45) is -0.615. The molecule has 150 valence electrons. The lowest BCUT2D eigenvalue weighted by atomic mass is 10.1. The summed E-state index contributed by atoms with van der Waals surface area (Å²) >= 11 is 0. The number of nitrogens with zero attached hydrogens (tertiary/aromatic N) is 1. The van der Waals surface area contributed by atoms with Crippen molar-refractivity contribution in [1.82, 2.24) is 0 Å². The van der Waals surface area contributed by atoms with E-state index in [-0.39, 0.29) is 16.3 Å². The van der Waals surface area contributed by atoms with E-state index in [0.717, 1.165) is 4.31 Å². The van der Waals surface area contributed by atoms with E-state index in [4.69, 9.17) is 4.74 Å². The zero-order valence-electron chi connectivity index (χ0n) is 15.9. The normalized spacial score (nSPS) is 12.2. The molecule has 5 nitrogen and oxygen atoms in total. The van der Waals surface area contributed by atoms with E-state index < -0.39 is 22.1 Å². The van der Waals surface area contributed by atoms with E-state index in [1.165, 1.54) is 55.6 Å². The van der Waals surface area contributed by atoms with Crippen molar-refractivity contribution in [2.24, 2.45) is 0 Å². The van der Waals surface area contributed by atoms with Crippen LogP contribution in [-0.2, 0) is 14.8 Å². The van der Waals surface area contributed by atoms with Crippen LogP contribution in [0.1, 0.15) is 28.9 Å². The number of para-hydroxylation sites is 1. The van der Waals surface area contributed by atoms with Gasteiger partial charge in [-0.2, -0.15) is 0 Å². The number of benzene rings is 3. The van der Waals surface area contributed by atoms with Gasteiger partial charge in [0.15, 0.2) is 0 Å². The van der Waals surface area contributed by atoms with E-state index in [1.54, 1.807) is 37.3 Å². The fraction of sp³-hybridized carbons (Fsp3) is 0.136. The van der Waals surface area contributed by atoms with E-state index in [2.05, 4.69) is 0 Å². The first-order valence-corrected chi connectivity index (χ1v) is 10.3. The van der Waals surface area contributed by atoms with Crippen LogP contribution in [0.2, 0.25) is 0 Å². The summed E-state index contributed by atoms with van der Waals surface area (Å²) < 4.78 is 45.5. The van der Waals surface area contributed by atoms with Crippen molar-refractivity contribution in [1.29, 1.82) is 0 Å². The number of sulfonamides is 1. The molecule has 0 unspecified atom stereocenters. The van der Waals surface area contributed by atoms with Crippen molar-refractivity contribution in [2.75, 3.05) is 11.4 Å². The Kier molecular flexibility index (Phi) is 5.98. The average Bonchev–Trinajstić information content (AvgIpc) is 2.74. The molecule has 0 bridgehead atoms. The molecular formula is C22H20FNO4S. The van der Waals surface area contributed by atoms with Gasteiger partial charge >= 0.3 is 5.97 Å². The summed E-state index contributed by atoms with van der Waals surface area (Å²) in [5.41, 5.74) is 1.25. The predicted octanol–water partition coefficient (Wildman–Crippen LogP) is 4.57. The highest BCUT2D eigenvalue weighted by molar-refractivity contribution is 7.92. The molecule has 1 atom stereocenters. The highest BCUT2D eigenvalue weighted by atomic mass is 32.2. The van der Waals surface area contributed by atoms with Crippen LogP contribution in [-0.4, -0.2) is 21.4 Å². The van der Waals surface area contributed by atoms with Gasteiger partial charge in [-0.15, -0.1) is 0 Å². The molecule has 0 N–H and O–H groups in total. The molecule has 0 amide bonds. The predicted molar refractivity (Wildman–Crippen MR) is 109 cm³/mol. The first kappa shape index (κ1) is 20.5. The van der Waals surface area contributed by atoms with E-state index in [1.807, 2.05) is 0 Å². The lowest BCUT2D eigenvalue weighted by Gasteiger charge is -2.20. The third-order valence-electron chi connectivity index (χ3n) is 4.47. The molecule has 0 aliphatic carbocycles. The molecule has 0 spiro atoms. The molecule has 0 fully saturated rings. The van der Waals surface area contributed by atoms with Crippen molar-refractivity contribution in [3.05, 3.63) is 95.8 Å². The minimum atomic E-state index is -3.85. The van der Waals surface area contributed by atoms with Crippen LogP contribution in [0.15, 0.2) is 83.8 Å². The molecule has 0 aliphatic heterocycles. The van der Waals surface area contributed by atoms with Crippen molar-refractivity contribution in [3.8, 4) is 0 Å². The Morgan fingerprint density at radius 3 is 2.28 bits per heavy atom. The fourth-order valence-electron chi connectivity index (χ4n) is 2.75. The maximum absolute atomic E-state index is 13.1. The van der Waals surface area contributed by atoms with Crippen LogP contribution in [0, 0.1) is 5.82 Å². The molecule has 0 heterocycles. The molecule has 0 aromatic heterocycles. The second-order valence-corrected chi connectivity index (χ2v) is 8.40. The summed E-state index contributed by atoms with van der Waals surface area (Å²) in [6, 6.07) is 20.0. The van der Waals surface area contributed by atoms with Gasteiger partial charge in [-0.3, -0.25) is 4.31 Å². The average molecular weight is 413 g/mol. The van der Waals surface area contributed by atoms with E-state index >= 15 is 0 Å². The van der Waals surface area contributed by atoms with Gasteiger partial charge in [0.2, 0.25) is 0 Å². The number of esters is 1. The van der Waals surface area contributed by atoms with Crippen molar-refractivity contribution in [3.63, 3.8) is 0 Å². The minimum Gasteiger partial charge on any atom is -0.454 e. The lowest BCUT2D eigenvalue weighted by molar-refractivity contribution is 0.0337. The van der Waals surface area contributed by atoms with Crippen molar-refractivity contribution in [2.45, 2.75) is 17.9 Å². The highest BCUT2D eigenvalue weighted by Gasteiger charge is 2.23. The standard InChI is InChI=1S/C22H20FNO4S/c1-16(17-11-13-19(23)14-12-17)28-22(25)18-7-6-10-21(15-18)29(26,27)24(2)20-8-4-3-5-9-20/h3-16H,1-2H3/t16-/m0/s1. The molecule has 3 aromatic carbocycles. The number of carbonyl (C=O) groups excluding carboxylic acids is 1. The molecular weight excluding hydrogens is 393 g/mol. The molecule has 7 heteroatoms. The topological polar surface area (TPSA) is 63.7 Å². The Hall–Kier alpha value is -3.19. The quantitative estimate of drug-likeness (QED) is 0.556. The monoisotopic (exact) mass is 413 g/mol. The molecule has 0 saturated heterocycles. The van der Waals surface area contributed by atoms with Crippen LogP contribution in [0.25, 0.3) is 0 Å². The molecule has 0 aliphatic rings. The SMILES string of the molecule is C[C@H](OC(=O)c1cccc(S(=O)(=O)N(C)c2ccccc2)c1)c1ccc(F)cc1. The molecule has 3 rings (SSSR count). The maximum Gasteiger partial charge on any atom is 0.338 e. The Balaban J connectivity index is 1.81. The van der Waals surface area contributed by atoms with Gasteiger partial charge in [-0.1, -0.05) is 36.4 Å². The maximum atomic E-state index is 13.1. The first-order valence-electron chi connectivity index (χ1n) is 8.89. The van der Waals surface area contributed by atoms with Gasteiger partial charge in [-0.25, -0.2) is 17.6 Å². The number of hydrogen-bond donors (Lipinski definition) is 0. The number of carbonyl (C=O) groups is 1. The van der Waals surface area contributed by atoms with Crippen molar-refractivity contribution < 1.29 is 22.3 Å². The summed E-state index contributed by atoms with van der Waals surface area (Å²) in [5.74, 6) is -1.05. The van der Waals surface area contributed by atoms with Crippen LogP contribution in [0.5, 0.6) is 0 Å². The Morgan fingerprint density at radius 2 is 1.62 bits per heavy atom. The Bertz CT molecular complexity index is 1100. The van der Waals surface area contributed by atoms with Gasteiger partial charge < -0.3 is 4.74 Å². The Labute approximate surface area is 169 Å². The summed E-state index contributed by atoms with van der Waals surface area (Å²) in [5, 5.41) is 0. The second kappa shape index (κ2) is 8.45. The first-order chi connectivity index (χ1) is 13.8. The number of anilines is 1. The number of rotatable bonds is 6. The van der Waals surface area contributed by atoms with Crippen LogP contribution in [0.4, 0.5) is 10.1 Å². The zero-order chi connectivity index (χ0) is 21.0. The van der Waals surface area contributed by atoms with Crippen LogP contribution < -0.4 is 4.31 Å². The zero-order valence-corrected chi connectivity index (χ0v) is 16.8. The van der Waals surface area contributed by atoms with Crippen LogP contribution in [0.3, 0.4) is 0 Å².